The Morgan fingerprint density at radius 3 is 2.55 bits per heavy atom. The number of pyridine rings is 1. The number of carbonyl (C=O) groups excluding carboxylic acids is 4. The molecule has 0 aliphatic carbocycles. The summed E-state index contributed by atoms with van der Waals surface area (Å²) < 4.78 is 35.1. The Hall–Kier alpha value is -6.60. The summed E-state index contributed by atoms with van der Waals surface area (Å²) in [5, 5.41) is 15.7. The number of thiazole rings is 1. The maximum absolute atomic E-state index is 16.3. The van der Waals surface area contributed by atoms with Gasteiger partial charge in [0.25, 0.3) is 5.91 Å². The third-order valence-corrected chi connectivity index (χ3v) is 14.4. The van der Waals surface area contributed by atoms with E-state index in [9.17, 15) is 19.2 Å². The number of aryl methyl sites for hydroxylation is 1. The van der Waals surface area contributed by atoms with Crippen LogP contribution in [0.25, 0.3) is 22.0 Å². The maximum Gasteiger partial charge on any atom is 0.257 e. The summed E-state index contributed by atoms with van der Waals surface area (Å²) in [6.45, 7) is 5.49. The number of fused-ring (bicyclic) bond motifs is 2. The van der Waals surface area contributed by atoms with Crippen LogP contribution in [0.2, 0.25) is 0 Å². The summed E-state index contributed by atoms with van der Waals surface area (Å²) in [5.41, 5.74) is 3.85. The zero-order valence-electron chi connectivity index (χ0n) is 35.4. The van der Waals surface area contributed by atoms with Crippen LogP contribution in [0.1, 0.15) is 61.0 Å². The van der Waals surface area contributed by atoms with Gasteiger partial charge in [0.2, 0.25) is 17.7 Å². The summed E-state index contributed by atoms with van der Waals surface area (Å²) in [4.78, 5) is 70.4. The van der Waals surface area contributed by atoms with Gasteiger partial charge in [-0.15, -0.1) is 11.3 Å². The number of amides is 4. The van der Waals surface area contributed by atoms with Gasteiger partial charge in [0, 0.05) is 96.4 Å². The first-order valence-electron chi connectivity index (χ1n) is 22.1. The molecular weight excluding hydrogens is 855 g/mol. The molecule has 9 heterocycles. The van der Waals surface area contributed by atoms with Crippen LogP contribution in [-0.4, -0.2) is 115 Å². The second kappa shape index (κ2) is 16.4. The van der Waals surface area contributed by atoms with Gasteiger partial charge in [-0.1, -0.05) is 18.2 Å². The number of nitrogens with zero attached hydrogens (tertiary/aromatic N) is 9. The molecule has 0 radical (unpaired) electrons. The quantitative estimate of drug-likeness (QED) is 0.150. The van der Waals surface area contributed by atoms with Crippen molar-refractivity contribution in [2.75, 3.05) is 61.3 Å². The van der Waals surface area contributed by atoms with Crippen LogP contribution < -0.4 is 20.9 Å². The number of likely N-dealkylation sites (tertiary alicyclic amines) is 2. The van der Waals surface area contributed by atoms with Crippen molar-refractivity contribution < 1.29 is 28.0 Å². The molecule has 2 unspecified atom stereocenters. The van der Waals surface area contributed by atoms with Gasteiger partial charge in [0.15, 0.2) is 17.0 Å². The zero-order chi connectivity index (χ0) is 44.4. The Kier molecular flexibility index (Phi) is 10.4. The average Bonchev–Trinajstić information content (AvgIpc) is 4.10. The molecule has 4 aromatic heterocycles. The molecule has 0 bridgehead atoms. The van der Waals surface area contributed by atoms with Crippen molar-refractivity contribution in [2.24, 2.45) is 5.41 Å². The van der Waals surface area contributed by atoms with E-state index in [0.717, 1.165) is 56.8 Å². The predicted octanol–water partition coefficient (Wildman–Crippen LogP) is 4.95. The standard InChI is InChI=1S/C46H46F2N12O4S/c47-33-18-30(52-34-8-10-37(61)53-43(34)63)5-7-31(33)27-11-15-56(16-12-27)21-38(62)59-24-46(25-59)22-58(23-46)36-9-4-28(19-50-36)32-6-3-29-20-60(55-40(29)39(32)48)42(44(64)54-45-49-13-17-65-45)41-35-2-1-14-57(35)26-51-41/h3-7,9,13,17-20,26-27,34,42,52H,1-2,8,10-12,14-16,21-25H2,(H,49,54,64)(H,53,61,63). The molecule has 4 amide bonds. The summed E-state index contributed by atoms with van der Waals surface area (Å²) in [5.74, 6) is -0.942. The van der Waals surface area contributed by atoms with Gasteiger partial charge in [0.05, 0.1) is 18.6 Å². The third-order valence-electron chi connectivity index (χ3n) is 13.7. The molecule has 11 rings (SSSR count). The van der Waals surface area contributed by atoms with Crippen molar-refractivity contribution in [3.63, 3.8) is 0 Å². The van der Waals surface area contributed by atoms with Gasteiger partial charge in [-0.05, 0) is 80.9 Å². The van der Waals surface area contributed by atoms with E-state index in [1.54, 1.807) is 54.6 Å². The Balaban J connectivity index is 0.674. The molecule has 16 nitrogen and oxygen atoms in total. The zero-order valence-corrected chi connectivity index (χ0v) is 36.2. The largest absolute Gasteiger partial charge is 0.374 e. The number of aromatic nitrogens is 6. The van der Waals surface area contributed by atoms with Gasteiger partial charge < -0.3 is 19.7 Å². The highest BCUT2D eigenvalue weighted by molar-refractivity contribution is 7.13. The smallest absolute Gasteiger partial charge is 0.257 e. The molecule has 5 aliphatic heterocycles. The number of hydrogen-bond acceptors (Lipinski definition) is 12. The molecule has 19 heteroatoms. The topological polar surface area (TPSA) is 176 Å². The lowest BCUT2D eigenvalue weighted by Gasteiger charge is -2.60. The highest BCUT2D eigenvalue weighted by Crippen LogP contribution is 2.42. The van der Waals surface area contributed by atoms with E-state index >= 15 is 8.78 Å². The first-order valence-corrected chi connectivity index (χ1v) is 23.0. The lowest BCUT2D eigenvalue weighted by molar-refractivity contribution is -0.146. The number of carbonyl (C=O) groups is 4. The Morgan fingerprint density at radius 1 is 0.954 bits per heavy atom. The first kappa shape index (κ1) is 41.1. The van der Waals surface area contributed by atoms with Crippen LogP contribution in [0.4, 0.5) is 25.4 Å². The fourth-order valence-electron chi connectivity index (χ4n) is 10.3. The molecule has 6 aromatic rings. The number of halogens is 2. The third kappa shape index (κ3) is 7.79. The average molecular weight is 901 g/mol. The second-order valence-electron chi connectivity index (χ2n) is 18.0. The lowest BCUT2D eigenvalue weighted by atomic mass is 9.72. The SMILES string of the molecule is O=C1CCC(Nc2ccc(C3CCN(CC(=O)N4CC5(C4)CN(c4ccc(-c6ccc7cn(C(C(=O)Nc8nccs8)c8ncn9c8CCC9)nc7c6F)cn4)C5)CC3)c(F)c2)C(=O)N1. The number of rotatable bonds is 11. The number of benzene rings is 2. The summed E-state index contributed by atoms with van der Waals surface area (Å²) >= 11 is 1.31. The second-order valence-corrected chi connectivity index (χ2v) is 18.9. The van der Waals surface area contributed by atoms with Crippen molar-refractivity contribution in [1.29, 1.82) is 0 Å². The Morgan fingerprint density at radius 2 is 1.80 bits per heavy atom. The van der Waals surface area contributed by atoms with E-state index in [2.05, 4.69) is 45.4 Å². The van der Waals surface area contributed by atoms with Crippen LogP contribution in [0.3, 0.4) is 0 Å². The van der Waals surface area contributed by atoms with E-state index in [0.29, 0.717) is 77.7 Å². The summed E-state index contributed by atoms with van der Waals surface area (Å²) in [7, 11) is 0. The monoisotopic (exact) mass is 900 g/mol. The van der Waals surface area contributed by atoms with Crippen LogP contribution in [0.15, 0.2) is 72.8 Å². The van der Waals surface area contributed by atoms with Gasteiger partial charge in [-0.25, -0.2) is 23.7 Å². The van der Waals surface area contributed by atoms with Crippen LogP contribution in [0, 0.1) is 17.0 Å². The number of anilines is 3. The molecule has 4 saturated heterocycles. The Labute approximate surface area is 376 Å². The van der Waals surface area contributed by atoms with E-state index in [1.165, 1.54) is 22.1 Å². The molecule has 0 saturated carbocycles. The van der Waals surface area contributed by atoms with Crippen molar-refractivity contribution in [3.05, 3.63) is 101 Å². The minimum absolute atomic E-state index is 0.0292. The van der Waals surface area contributed by atoms with E-state index in [-0.39, 0.29) is 46.8 Å². The van der Waals surface area contributed by atoms with Crippen LogP contribution in [-0.2, 0) is 32.1 Å². The molecule has 334 valence electrons. The molecule has 4 fully saturated rings. The van der Waals surface area contributed by atoms with E-state index in [4.69, 9.17) is 4.98 Å². The van der Waals surface area contributed by atoms with Gasteiger partial charge in [0.1, 0.15) is 23.2 Å². The minimum Gasteiger partial charge on any atom is -0.374 e. The first-order chi connectivity index (χ1) is 31.6. The number of imide groups is 1. The van der Waals surface area contributed by atoms with Crippen LogP contribution in [0.5, 0.6) is 0 Å². The van der Waals surface area contributed by atoms with Crippen molar-refractivity contribution in [2.45, 2.75) is 63.1 Å². The molecule has 2 aromatic carbocycles. The van der Waals surface area contributed by atoms with E-state index < -0.39 is 23.8 Å². The lowest BCUT2D eigenvalue weighted by Crippen LogP contribution is -2.73. The highest BCUT2D eigenvalue weighted by atomic mass is 32.1. The van der Waals surface area contributed by atoms with E-state index in [1.807, 2.05) is 17.0 Å². The normalized spacial score (nSPS) is 20.1. The maximum atomic E-state index is 16.3. The number of piperidine rings is 2. The number of hydrogen-bond donors (Lipinski definition) is 3. The fraction of sp³-hybridized carbons (Fsp3) is 0.391. The minimum atomic E-state index is -0.918. The molecule has 65 heavy (non-hydrogen) atoms. The van der Waals surface area contributed by atoms with Crippen molar-refractivity contribution >= 4 is 62.5 Å². The molecule has 1 spiro atoms. The van der Waals surface area contributed by atoms with Crippen molar-refractivity contribution in [3.8, 4) is 11.1 Å². The van der Waals surface area contributed by atoms with Crippen molar-refractivity contribution in [1.82, 2.24) is 44.4 Å². The van der Waals surface area contributed by atoms with Gasteiger partial charge in [-0.2, -0.15) is 5.10 Å². The summed E-state index contributed by atoms with van der Waals surface area (Å²) in [6, 6.07) is 10.8. The molecule has 2 atom stereocenters. The van der Waals surface area contributed by atoms with Gasteiger partial charge in [-0.3, -0.25) is 39.4 Å². The van der Waals surface area contributed by atoms with Crippen LogP contribution >= 0.6 is 11.3 Å². The predicted molar refractivity (Wildman–Crippen MR) is 238 cm³/mol. The van der Waals surface area contributed by atoms with Gasteiger partial charge >= 0.3 is 0 Å². The Bertz CT molecular complexity index is 2830. The fourth-order valence-corrected chi connectivity index (χ4v) is 10.8. The molecule has 3 N–H and O–H groups in total. The molecule has 5 aliphatic rings. The summed E-state index contributed by atoms with van der Waals surface area (Å²) in [6.07, 6.45) is 10.6. The molecular formula is C46H46F2N12O4S. The highest BCUT2D eigenvalue weighted by Gasteiger charge is 2.53. The number of nitrogens with one attached hydrogen (secondary N) is 3. The number of imidazole rings is 1.